The molecule has 1 aromatic rings. The van der Waals surface area contributed by atoms with Crippen LogP contribution in [0.1, 0.15) is 31.4 Å². The van der Waals surface area contributed by atoms with Crippen molar-refractivity contribution in [3.05, 3.63) is 18.2 Å². The summed E-state index contributed by atoms with van der Waals surface area (Å²) in [6.07, 6.45) is 3.15. The molecule has 15 heavy (non-hydrogen) atoms. The van der Waals surface area contributed by atoms with Gasteiger partial charge in [0.1, 0.15) is 0 Å². The van der Waals surface area contributed by atoms with Crippen LogP contribution in [0.5, 0.6) is 0 Å². The van der Waals surface area contributed by atoms with Crippen molar-refractivity contribution in [2.24, 2.45) is 0 Å². The molecule has 0 aliphatic heterocycles. The van der Waals surface area contributed by atoms with E-state index >= 15 is 0 Å². The number of carbonyl (C=O) groups is 1. The second-order valence-corrected chi connectivity index (χ2v) is 4.15. The number of carbonyl (C=O) groups excluding carboxylic acids is 1. The molecule has 0 spiro atoms. The third kappa shape index (κ3) is 4.60. The summed E-state index contributed by atoms with van der Waals surface area (Å²) in [4.78, 5) is 17.9. The van der Waals surface area contributed by atoms with E-state index in [4.69, 9.17) is 4.74 Å². The standard InChI is InChI=1S/C10H17N3O2/c1-10(2,3)15-7-6-13-9(14)8-11-4-5-12-8/h4-5H,6-7H2,1-3H3,(H,11,12)(H,13,14). The highest BCUT2D eigenvalue weighted by Gasteiger charge is 2.10. The maximum Gasteiger partial charge on any atom is 0.287 e. The molecule has 5 nitrogen and oxygen atoms in total. The molecule has 5 heteroatoms. The molecule has 0 aliphatic carbocycles. The number of aromatic amines is 1. The van der Waals surface area contributed by atoms with E-state index in [1.54, 1.807) is 12.4 Å². The van der Waals surface area contributed by atoms with Gasteiger partial charge in [-0.25, -0.2) is 4.98 Å². The molecule has 0 bridgehead atoms. The molecule has 84 valence electrons. The summed E-state index contributed by atoms with van der Waals surface area (Å²) in [7, 11) is 0. The topological polar surface area (TPSA) is 67.0 Å². The molecule has 0 aromatic carbocycles. The Hall–Kier alpha value is -1.36. The van der Waals surface area contributed by atoms with E-state index in [2.05, 4.69) is 15.3 Å². The summed E-state index contributed by atoms with van der Waals surface area (Å²) in [6.45, 7) is 6.90. The lowest BCUT2D eigenvalue weighted by Gasteiger charge is -2.19. The molecule has 0 saturated heterocycles. The first-order valence-corrected chi connectivity index (χ1v) is 4.90. The molecule has 1 rings (SSSR count). The van der Waals surface area contributed by atoms with Gasteiger partial charge in [0.15, 0.2) is 5.82 Å². The molecule has 1 amide bonds. The SMILES string of the molecule is CC(C)(C)OCCNC(=O)c1ncc[nH]1. The molecule has 0 radical (unpaired) electrons. The monoisotopic (exact) mass is 211 g/mol. The lowest BCUT2D eigenvalue weighted by molar-refractivity contribution is -0.000681. The zero-order valence-electron chi connectivity index (χ0n) is 9.33. The second-order valence-electron chi connectivity index (χ2n) is 4.15. The van der Waals surface area contributed by atoms with Crippen LogP contribution in [0.2, 0.25) is 0 Å². The lowest BCUT2D eigenvalue weighted by Crippen LogP contribution is -2.31. The van der Waals surface area contributed by atoms with Gasteiger partial charge in [-0.2, -0.15) is 0 Å². The van der Waals surface area contributed by atoms with Crippen molar-refractivity contribution >= 4 is 5.91 Å². The molecular weight excluding hydrogens is 194 g/mol. The highest BCUT2D eigenvalue weighted by Crippen LogP contribution is 2.05. The number of aromatic nitrogens is 2. The maximum atomic E-state index is 11.4. The molecule has 2 N–H and O–H groups in total. The van der Waals surface area contributed by atoms with Gasteiger partial charge in [-0.05, 0) is 20.8 Å². The van der Waals surface area contributed by atoms with Gasteiger partial charge in [0.05, 0.1) is 12.2 Å². The quantitative estimate of drug-likeness (QED) is 0.729. The molecular formula is C10H17N3O2. The van der Waals surface area contributed by atoms with E-state index in [1.165, 1.54) is 0 Å². The number of nitrogens with zero attached hydrogens (tertiary/aromatic N) is 1. The molecule has 0 aliphatic rings. The van der Waals surface area contributed by atoms with E-state index in [0.717, 1.165) is 0 Å². The average Bonchev–Trinajstić information content (AvgIpc) is 2.63. The van der Waals surface area contributed by atoms with Gasteiger partial charge in [0.2, 0.25) is 0 Å². The van der Waals surface area contributed by atoms with Crippen molar-refractivity contribution in [1.82, 2.24) is 15.3 Å². The van der Waals surface area contributed by atoms with Crippen molar-refractivity contribution in [1.29, 1.82) is 0 Å². The third-order valence-electron chi connectivity index (χ3n) is 1.64. The van der Waals surface area contributed by atoms with E-state index in [9.17, 15) is 4.79 Å². The van der Waals surface area contributed by atoms with Crippen LogP contribution >= 0.6 is 0 Å². The van der Waals surface area contributed by atoms with E-state index < -0.39 is 0 Å². The van der Waals surface area contributed by atoms with Crippen LogP contribution in [0.3, 0.4) is 0 Å². The van der Waals surface area contributed by atoms with Crippen molar-refractivity contribution in [3.63, 3.8) is 0 Å². The molecule has 1 heterocycles. The van der Waals surface area contributed by atoms with Crippen LogP contribution in [-0.2, 0) is 4.74 Å². The smallest absolute Gasteiger partial charge is 0.287 e. The Morgan fingerprint density at radius 2 is 2.33 bits per heavy atom. The predicted octanol–water partition coefficient (Wildman–Crippen LogP) is 0.955. The molecule has 0 fully saturated rings. The number of H-pyrrole nitrogens is 1. The fourth-order valence-electron chi connectivity index (χ4n) is 0.995. The second kappa shape index (κ2) is 4.93. The van der Waals surface area contributed by atoms with Crippen LogP contribution in [0.4, 0.5) is 0 Å². The first-order chi connectivity index (χ1) is 6.99. The summed E-state index contributed by atoms with van der Waals surface area (Å²) < 4.78 is 5.45. The number of rotatable bonds is 4. The first kappa shape index (κ1) is 11.7. The fraction of sp³-hybridized carbons (Fsp3) is 0.600. The van der Waals surface area contributed by atoms with Crippen molar-refractivity contribution < 1.29 is 9.53 Å². The van der Waals surface area contributed by atoms with Crippen LogP contribution < -0.4 is 5.32 Å². The summed E-state index contributed by atoms with van der Waals surface area (Å²) in [6, 6.07) is 0. The predicted molar refractivity (Wildman–Crippen MR) is 56.6 cm³/mol. The molecule has 1 aromatic heterocycles. The summed E-state index contributed by atoms with van der Waals surface area (Å²) in [5.74, 6) is 0.114. The van der Waals surface area contributed by atoms with Gasteiger partial charge in [0, 0.05) is 18.9 Å². The zero-order valence-corrected chi connectivity index (χ0v) is 9.33. The van der Waals surface area contributed by atoms with Crippen LogP contribution in [-0.4, -0.2) is 34.6 Å². The summed E-state index contributed by atoms with van der Waals surface area (Å²) >= 11 is 0. The Balaban J connectivity index is 2.19. The van der Waals surface area contributed by atoms with Crippen LogP contribution in [0.25, 0.3) is 0 Å². The normalized spacial score (nSPS) is 11.4. The number of ether oxygens (including phenoxy) is 1. The fourth-order valence-corrected chi connectivity index (χ4v) is 0.995. The number of amides is 1. The Bertz CT molecular complexity index is 301. The van der Waals surface area contributed by atoms with Crippen LogP contribution in [0, 0.1) is 0 Å². The van der Waals surface area contributed by atoms with Gasteiger partial charge >= 0.3 is 0 Å². The Kier molecular flexibility index (Phi) is 3.85. The molecule has 0 unspecified atom stereocenters. The van der Waals surface area contributed by atoms with Crippen molar-refractivity contribution in [2.45, 2.75) is 26.4 Å². The minimum atomic E-state index is -0.211. The number of imidazole rings is 1. The minimum absolute atomic E-state index is 0.171. The van der Waals surface area contributed by atoms with Crippen molar-refractivity contribution in [3.8, 4) is 0 Å². The number of hydrogen-bond acceptors (Lipinski definition) is 3. The highest BCUT2D eigenvalue weighted by atomic mass is 16.5. The first-order valence-electron chi connectivity index (χ1n) is 4.90. The van der Waals surface area contributed by atoms with E-state index in [0.29, 0.717) is 19.0 Å². The largest absolute Gasteiger partial charge is 0.374 e. The van der Waals surface area contributed by atoms with Gasteiger partial charge < -0.3 is 15.0 Å². The Morgan fingerprint density at radius 3 is 2.87 bits per heavy atom. The molecule has 0 saturated carbocycles. The highest BCUT2D eigenvalue weighted by molar-refractivity contribution is 5.90. The Morgan fingerprint density at radius 1 is 1.60 bits per heavy atom. The van der Waals surface area contributed by atoms with Gasteiger partial charge in [-0.15, -0.1) is 0 Å². The van der Waals surface area contributed by atoms with Gasteiger partial charge in [-0.3, -0.25) is 4.79 Å². The van der Waals surface area contributed by atoms with E-state index in [1.807, 2.05) is 20.8 Å². The van der Waals surface area contributed by atoms with Crippen molar-refractivity contribution in [2.75, 3.05) is 13.2 Å². The number of nitrogens with one attached hydrogen (secondary N) is 2. The summed E-state index contributed by atoms with van der Waals surface area (Å²) in [5.41, 5.74) is -0.171. The third-order valence-corrected chi connectivity index (χ3v) is 1.64. The zero-order chi connectivity index (χ0) is 11.3. The van der Waals surface area contributed by atoms with Gasteiger partial charge in [0.25, 0.3) is 5.91 Å². The minimum Gasteiger partial charge on any atom is -0.374 e. The van der Waals surface area contributed by atoms with Crippen LogP contribution in [0.15, 0.2) is 12.4 Å². The molecule has 0 atom stereocenters. The Labute approximate surface area is 89.2 Å². The lowest BCUT2D eigenvalue weighted by atomic mass is 10.2. The average molecular weight is 211 g/mol. The van der Waals surface area contributed by atoms with Gasteiger partial charge in [-0.1, -0.05) is 0 Å². The number of hydrogen-bond donors (Lipinski definition) is 2. The maximum absolute atomic E-state index is 11.4. The van der Waals surface area contributed by atoms with E-state index in [-0.39, 0.29) is 11.5 Å². The summed E-state index contributed by atoms with van der Waals surface area (Å²) in [5, 5.41) is 2.70.